The molecule has 3 aromatic rings. The van der Waals surface area contributed by atoms with E-state index in [0.717, 1.165) is 29.6 Å². The van der Waals surface area contributed by atoms with Gasteiger partial charge in [0.2, 0.25) is 11.9 Å². The van der Waals surface area contributed by atoms with E-state index in [9.17, 15) is 22.9 Å². The molecule has 2 aliphatic rings. The maximum absolute atomic E-state index is 12.2. The molecule has 0 amide bonds. The summed E-state index contributed by atoms with van der Waals surface area (Å²) in [5.41, 5.74) is 0.811. The smallest absolute Gasteiger partial charge is 0.370 e. The SMILES string of the molecule is O=C(O)C[n+]1c(C=C2Sc3ccc(Br)cc3[N+]23CCC3S(=O)(=O)O)sc2cc(Cl)sc21. The van der Waals surface area contributed by atoms with Crippen LogP contribution in [-0.4, -0.2) is 36.0 Å². The third-order valence-corrected chi connectivity index (χ3v) is 10.9. The maximum atomic E-state index is 12.2. The number of aromatic nitrogens is 1. The molecule has 1 saturated heterocycles. The van der Waals surface area contributed by atoms with Crippen molar-refractivity contribution < 1.29 is 27.4 Å². The minimum absolute atomic E-state index is 0.0116. The molecule has 0 bridgehead atoms. The second-order valence-electron chi connectivity index (χ2n) is 7.19. The maximum Gasteiger partial charge on any atom is 0.370 e. The molecule has 2 aliphatic heterocycles. The third-order valence-electron chi connectivity index (χ3n) is 5.44. The highest BCUT2D eigenvalue weighted by molar-refractivity contribution is 9.10. The predicted molar refractivity (Wildman–Crippen MR) is 127 cm³/mol. The number of thiophene rings is 1. The van der Waals surface area contributed by atoms with Crippen LogP contribution < -0.4 is 9.05 Å². The summed E-state index contributed by atoms with van der Waals surface area (Å²) in [6.07, 6.45) is 2.19. The van der Waals surface area contributed by atoms with Crippen molar-refractivity contribution in [2.75, 3.05) is 6.54 Å². The van der Waals surface area contributed by atoms with Gasteiger partial charge in [0.15, 0.2) is 10.7 Å². The van der Waals surface area contributed by atoms with E-state index in [2.05, 4.69) is 15.9 Å². The molecule has 4 heterocycles. The molecule has 0 radical (unpaired) electrons. The van der Waals surface area contributed by atoms with E-state index in [1.165, 1.54) is 34.4 Å². The number of thioether (sulfide) groups is 1. The number of hydrogen-bond acceptors (Lipinski definition) is 6. The average Bonchev–Trinajstić information content (AvgIpc) is 3.23. The summed E-state index contributed by atoms with van der Waals surface area (Å²) < 4.78 is 38.3. The molecule has 7 nitrogen and oxygen atoms in total. The molecule has 13 heteroatoms. The molecular weight excluding hydrogens is 568 g/mol. The Balaban J connectivity index is 1.71. The van der Waals surface area contributed by atoms with Gasteiger partial charge in [-0.1, -0.05) is 50.2 Å². The molecule has 31 heavy (non-hydrogen) atoms. The van der Waals surface area contributed by atoms with Gasteiger partial charge in [0.05, 0.1) is 23.9 Å². The summed E-state index contributed by atoms with van der Waals surface area (Å²) in [6.45, 7) is 0.290. The Kier molecular flexibility index (Phi) is 5.30. The fraction of sp³-hybridized carbons (Fsp3) is 0.222. The first-order chi connectivity index (χ1) is 14.6. The van der Waals surface area contributed by atoms with Gasteiger partial charge in [-0.15, -0.1) is 0 Å². The summed E-state index contributed by atoms with van der Waals surface area (Å²) in [4.78, 5) is 13.2. The second-order valence-corrected chi connectivity index (χ2v) is 13.5. The predicted octanol–water partition coefficient (Wildman–Crippen LogP) is 4.78. The lowest BCUT2D eigenvalue weighted by Crippen LogP contribution is -2.66. The van der Waals surface area contributed by atoms with E-state index in [0.29, 0.717) is 22.3 Å². The number of rotatable bonds is 4. The van der Waals surface area contributed by atoms with E-state index in [-0.39, 0.29) is 11.0 Å². The Hall–Kier alpha value is -0.990. The summed E-state index contributed by atoms with van der Waals surface area (Å²) in [6, 6.07) is 7.50. The lowest BCUT2D eigenvalue weighted by molar-refractivity contribution is -0.655. The standard InChI is InChI=1S/C18H12BrClN2O5S4/c19-9-1-2-11-10(5-9)22(4-3-16(22)31(25,26)27)15(29-11)7-14-21(8-17(23)24)18-12(28-14)6-13(20)30-18/h1-2,5-7,16H,3-4,8H2/p+2. The van der Waals surface area contributed by atoms with Gasteiger partial charge >= 0.3 is 16.1 Å². The lowest BCUT2D eigenvalue weighted by Gasteiger charge is -2.47. The lowest BCUT2D eigenvalue weighted by atomic mass is 10.1. The molecule has 1 spiro atoms. The quantitative estimate of drug-likeness (QED) is 0.262. The van der Waals surface area contributed by atoms with E-state index in [1.807, 2.05) is 24.3 Å². The molecule has 0 saturated carbocycles. The minimum atomic E-state index is -4.30. The molecule has 1 aromatic carbocycles. The zero-order valence-corrected chi connectivity index (χ0v) is 21.1. The normalized spacial score (nSPS) is 24.1. The average molecular weight is 582 g/mol. The Morgan fingerprint density at radius 2 is 2.13 bits per heavy atom. The van der Waals surface area contributed by atoms with Gasteiger partial charge in [0.25, 0.3) is 9.84 Å². The minimum Gasteiger partial charge on any atom is -0.477 e. The molecule has 2 aromatic heterocycles. The van der Waals surface area contributed by atoms with Crippen molar-refractivity contribution in [2.45, 2.75) is 23.2 Å². The summed E-state index contributed by atoms with van der Waals surface area (Å²) >= 11 is 13.7. The molecule has 0 aliphatic carbocycles. The highest BCUT2D eigenvalue weighted by atomic mass is 79.9. The first-order valence-corrected chi connectivity index (χ1v) is 14.1. The van der Waals surface area contributed by atoms with Crippen molar-refractivity contribution in [3.8, 4) is 0 Å². The summed E-state index contributed by atoms with van der Waals surface area (Å²) in [5.74, 6) is -0.983. The Morgan fingerprint density at radius 1 is 1.35 bits per heavy atom. The fourth-order valence-corrected chi connectivity index (χ4v) is 9.73. The highest BCUT2D eigenvalue weighted by Crippen LogP contribution is 2.58. The second kappa shape index (κ2) is 7.52. The number of thiazole rings is 1. The van der Waals surface area contributed by atoms with Crippen LogP contribution in [0.1, 0.15) is 11.4 Å². The molecule has 2 atom stereocenters. The number of aliphatic carboxylic acids is 1. The fourth-order valence-electron chi connectivity index (χ4n) is 4.11. The van der Waals surface area contributed by atoms with Gasteiger partial charge in [0, 0.05) is 10.5 Å². The van der Waals surface area contributed by atoms with Crippen LogP contribution in [0.25, 0.3) is 15.6 Å². The van der Waals surface area contributed by atoms with Crippen LogP contribution in [0.3, 0.4) is 0 Å². The first kappa shape index (κ1) is 21.8. The number of hydrogen-bond donors (Lipinski definition) is 2. The Bertz CT molecular complexity index is 1400. The monoisotopic (exact) mass is 580 g/mol. The van der Waals surface area contributed by atoms with Crippen LogP contribution in [0.2, 0.25) is 4.34 Å². The number of fused-ring (bicyclic) bond motifs is 3. The third kappa shape index (κ3) is 3.48. The molecule has 2 unspecified atom stereocenters. The zero-order valence-electron chi connectivity index (χ0n) is 15.5. The van der Waals surface area contributed by atoms with Gasteiger partial charge < -0.3 is 5.11 Å². The van der Waals surface area contributed by atoms with Crippen LogP contribution in [0, 0.1) is 0 Å². The van der Waals surface area contributed by atoms with E-state index in [1.54, 1.807) is 10.6 Å². The molecular formula is C18H14BrClN2O5S4+2. The number of quaternary nitrogens is 1. The first-order valence-electron chi connectivity index (χ1n) is 8.97. The van der Waals surface area contributed by atoms with Crippen LogP contribution in [0.4, 0.5) is 5.69 Å². The van der Waals surface area contributed by atoms with Crippen LogP contribution >= 0.6 is 62.0 Å². The van der Waals surface area contributed by atoms with Gasteiger partial charge in [0.1, 0.15) is 9.04 Å². The topological polar surface area (TPSA) is 95.5 Å². The van der Waals surface area contributed by atoms with Crippen molar-refractivity contribution in [2.24, 2.45) is 0 Å². The van der Waals surface area contributed by atoms with Crippen molar-refractivity contribution in [3.05, 3.63) is 43.1 Å². The van der Waals surface area contributed by atoms with Crippen LogP contribution in [0.5, 0.6) is 0 Å². The van der Waals surface area contributed by atoms with Crippen LogP contribution in [-0.2, 0) is 21.5 Å². The Labute approximate surface area is 203 Å². The van der Waals surface area contributed by atoms with E-state index >= 15 is 0 Å². The van der Waals surface area contributed by atoms with Gasteiger partial charge in [-0.05, 0) is 30.0 Å². The van der Waals surface area contributed by atoms with E-state index in [4.69, 9.17) is 11.6 Å². The summed E-state index contributed by atoms with van der Waals surface area (Å²) in [7, 11) is -4.30. The number of benzene rings is 1. The van der Waals surface area contributed by atoms with Gasteiger partial charge in [-0.3, -0.25) is 4.55 Å². The number of carboxylic acids is 1. The van der Waals surface area contributed by atoms with Crippen molar-refractivity contribution >= 4 is 99.3 Å². The zero-order chi connectivity index (χ0) is 22.1. The van der Waals surface area contributed by atoms with E-state index < -0.39 is 21.5 Å². The van der Waals surface area contributed by atoms with Gasteiger partial charge in [-0.25, -0.2) is 9.28 Å². The molecule has 162 valence electrons. The Morgan fingerprint density at radius 3 is 2.77 bits per heavy atom. The molecule has 1 fully saturated rings. The number of carboxylic acid groups (broad SMARTS) is 1. The largest absolute Gasteiger partial charge is 0.477 e. The van der Waals surface area contributed by atoms with Crippen LogP contribution in [0.15, 0.2) is 38.7 Å². The number of nitrogens with zero attached hydrogens (tertiary/aromatic N) is 2. The molecule has 5 rings (SSSR count). The highest BCUT2D eigenvalue weighted by Gasteiger charge is 2.62. The van der Waals surface area contributed by atoms with Gasteiger partial charge in [-0.2, -0.15) is 13.0 Å². The summed E-state index contributed by atoms with van der Waals surface area (Å²) in [5, 5.41) is 9.86. The van der Waals surface area contributed by atoms with Crippen molar-refractivity contribution in [1.82, 2.24) is 4.48 Å². The number of carbonyl (C=O) groups is 1. The molecule has 2 N–H and O–H groups in total. The van der Waals surface area contributed by atoms with Crippen molar-refractivity contribution in [1.29, 1.82) is 0 Å². The number of halogens is 2. The van der Waals surface area contributed by atoms with Crippen molar-refractivity contribution in [3.63, 3.8) is 0 Å².